The number of benzene rings is 1. The number of aliphatic hydroxyl groups is 1. The van der Waals surface area contributed by atoms with E-state index >= 15 is 0 Å². The third kappa shape index (κ3) is 4.91. The maximum Gasteiger partial charge on any atom is 0.253 e. The van der Waals surface area contributed by atoms with Gasteiger partial charge in [-0.2, -0.15) is 0 Å². The smallest absolute Gasteiger partial charge is 0.253 e. The van der Waals surface area contributed by atoms with Gasteiger partial charge in [-0.1, -0.05) is 19.1 Å². The SMILES string of the molecule is CCCNc1ccccc1C(=O)NC(C)(C)CCO. The molecule has 0 fully saturated rings. The number of rotatable bonds is 7. The van der Waals surface area contributed by atoms with Gasteiger partial charge in [0, 0.05) is 24.4 Å². The molecule has 0 radical (unpaired) electrons. The molecule has 0 heterocycles. The Balaban J connectivity index is 2.81. The van der Waals surface area contributed by atoms with Gasteiger partial charge in [0.25, 0.3) is 5.91 Å². The minimum absolute atomic E-state index is 0.0585. The molecule has 4 nitrogen and oxygen atoms in total. The van der Waals surface area contributed by atoms with Crippen LogP contribution in [0, 0.1) is 0 Å². The van der Waals surface area contributed by atoms with Crippen molar-refractivity contribution in [3.05, 3.63) is 29.8 Å². The fourth-order valence-electron chi connectivity index (χ4n) is 1.81. The molecule has 0 atom stereocenters. The van der Waals surface area contributed by atoms with Crippen molar-refractivity contribution in [1.82, 2.24) is 5.32 Å². The van der Waals surface area contributed by atoms with E-state index < -0.39 is 5.54 Å². The molecule has 0 spiro atoms. The second-order valence-corrected chi connectivity index (χ2v) is 5.28. The third-order valence-corrected chi connectivity index (χ3v) is 2.93. The van der Waals surface area contributed by atoms with Crippen LogP contribution in [-0.2, 0) is 0 Å². The van der Waals surface area contributed by atoms with Crippen LogP contribution in [-0.4, -0.2) is 29.7 Å². The van der Waals surface area contributed by atoms with E-state index in [1.807, 2.05) is 38.1 Å². The van der Waals surface area contributed by atoms with Crippen LogP contribution in [0.2, 0.25) is 0 Å². The minimum Gasteiger partial charge on any atom is -0.396 e. The number of hydrogen-bond acceptors (Lipinski definition) is 3. The fourth-order valence-corrected chi connectivity index (χ4v) is 1.81. The normalized spacial score (nSPS) is 11.2. The Bertz CT molecular complexity index is 416. The van der Waals surface area contributed by atoms with Crippen LogP contribution in [0.3, 0.4) is 0 Å². The molecule has 19 heavy (non-hydrogen) atoms. The van der Waals surface area contributed by atoms with Crippen molar-refractivity contribution in [3.8, 4) is 0 Å². The van der Waals surface area contributed by atoms with E-state index in [-0.39, 0.29) is 12.5 Å². The van der Waals surface area contributed by atoms with Gasteiger partial charge in [0.15, 0.2) is 0 Å². The summed E-state index contributed by atoms with van der Waals surface area (Å²) in [6, 6.07) is 7.48. The molecule has 0 aliphatic heterocycles. The predicted octanol–water partition coefficient (Wildman–Crippen LogP) is 2.40. The Morgan fingerprint density at radius 1 is 1.32 bits per heavy atom. The first-order chi connectivity index (χ1) is 9.00. The first kappa shape index (κ1) is 15.5. The van der Waals surface area contributed by atoms with Crippen LogP contribution >= 0.6 is 0 Å². The molecule has 0 aromatic heterocycles. The van der Waals surface area contributed by atoms with Crippen molar-refractivity contribution < 1.29 is 9.90 Å². The summed E-state index contributed by atoms with van der Waals surface area (Å²) in [4.78, 5) is 12.3. The second kappa shape index (κ2) is 7.14. The van der Waals surface area contributed by atoms with Gasteiger partial charge in [-0.15, -0.1) is 0 Å². The maximum atomic E-state index is 12.3. The lowest BCUT2D eigenvalue weighted by molar-refractivity contribution is 0.0900. The number of para-hydroxylation sites is 1. The van der Waals surface area contributed by atoms with E-state index in [9.17, 15) is 4.79 Å². The highest BCUT2D eigenvalue weighted by Crippen LogP contribution is 2.17. The van der Waals surface area contributed by atoms with Crippen LogP contribution in [0.4, 0.5) is 5.69 Å². The molecule has 0 saturated heterocycles. The number of carbonyl (C=O) groups excluding carboxylic acids is 1. The van der Waals surface area contributed by atoms with E-state index in [0.29, 0.717) is 12.0 Å². The second-order valence-electron chi connectivity index (χ2n) is 5.28. The van der Waals surface area contributed by atoms with Crippen molar-refractivity contribution in [3.63, 3.8) is 0 Å². The zero-order valence-corrected chi connectivity index (χ0v) is 12.0. The molecule has 0 saturated carbocycles. The summed E-state index contributed by atoms with van der Waals surface area (Å²) >= 11 is 0. The maximum absolute atomic E-state index is 12.3. The first-order valence-electron chi connectivity index (χ1n) is 6.76. The number of amides is 1. The van der Waals surface area contributed by atoms with Crippen LogP contribution in [0.25, 0.3) is 0 Å². The lowest BCUT2D eigenvalue weighted by Crippen LogP contribution is -2.44. The Labute approximate surface area is 115 Å². The third-order valence-electron chi connectivity index (χ3n) is 2.93. The molecular weight excluding hydrogens is 240 g/mol. The summed E-state index contributed by atoms with van der Waals surface area (Å²) < 4.78 is 0. The van der Waals surface area contributed by atoms with E-state index in [0.717, 1.165) is 18.7 Å². The Kier molecular flexibility index (Phi) is 5.83. The number of nitrogens with one attached hydrogen (secondary N) is 2. The molecule has 0 aliphatic carbocycles. The van der Waals surface area contributed by atoms with E-state index in [1.165, 1.54) is 0 Å². The summed E-state index contributed by atoms with van der Waals surface area (Å²) in [6.07, 6.45) is 1.54. The Morgan fingerprint density at radius 3 is 2.63 bits per heavy atom. The highest BCUT2D eigenvalue weighted by molar-refractivity contribution is 5.99. The summed E-state index contributed by atoms with van der Waals surface area (Å²) in [6.45, 7) is 6.79. The monoisotopic (exact) mass is 264 g/mol. The molecule has 3 N–H and O–H groups in total. The zero-order chi connectivity index (χ0) is 14.3. The molecule has 106 valence electrons. The van der Waals surface area contributed by atoms with Gasteiger partial charge in [-0.05, 0) is 38.8 Å². The number of hydrogen-bond donors (Lipinski definition) is 3. The van der Waals surface area contributed by atoms with Crippen molar-refractivity contribution in [2.75, 3.05) is 18.5 Å². The number of aliphatic hydroxyl groups excluding tert-OH is 1. The largest absolute Gasteiger partial charge is 0.396 e. The van der Waals surface area contributed by atoms with E-state index in [2.05, 4.69) is 17.6 Å². The molecule has 0 bridgehead atoms. The average Bonchev–Trinajstić information content (AvgIpc) is 2.36. The molecule has 1 rings (SSSR count). The molecule has 0 aliphatic rings. The molecular formula is C15H24N2O2. The molecule has 0 unspecified atom stereocenters. The van der Waals surface area contributed by atoms with Gasteiger partial charge in [0.05, 0.1) is 5.56 Å². The van der Waals surface area contributed by atoms with E-state index in [1.54, 1.807) is 0 Å². The highest BCUT2D eigenvalue weighted by atomic mass is 16.3. The van der Waals surface area contributed by atoms with Crippen molar-refractivity contribution in [1.29, 1.82) is 0 Å². The number of anilines is 1. The average molecular weight is 264 g/mol. The van der Waals surface area contributed by atoms with Crippen LogP contribution < -0.4 is 10.6 Å². The summed E-state index contributed by atoms with van der Waals surface area (Å²) in [5.41, 5.74) is 1.08. The summed E-state index contributed by atoms with van der Waals surface area (Å²) in [5, 5.41) is 15.2. The zero-order valence-electron chi connectivity index (χ0n) is 12.0. The molecule has 1 amide bonds. The molecule has 4 heteroatoms. The van der Waals surface area contributed by atoms with Gasteiger partial charge < -0.3 is 15.7 Å². The first-order valence-corrected chi connectivity index (χ1v) is 6.76. The lowest BCUT2D eigenvalue weighted by Gasteiger charge is -2.26. The lowest BCUT2D eigenvalue weighted by atomic mass is 10.0. The van der Waals surface area contributed by atoms with Gasteiger partial charge in [-0.3, -0.25) is 4.79 Å². The van der Waals surface area contributed by atoms with Crippen molar-refractivity contribution in [2.45, 2.75) is 39.2 Å². The standard InChI is InChI=1S/C15H24N2O2/c1-4-10-16-13-8-6-5-7-12(13)14(19)17-15(2,3)9-11-18/h5-8,16,18H,4,9-11H2,1-3H3,(H,17,19). The van der Waals surface area contributed by atoms with Gasteiger partial charge in [-0.25, -0.2) is 0 Å². The van der Waals surface area contributed by atoms with Crippen molar-refractivity contribution in [2.24, 2.45) is 0 Å². The summed E-state index contributed by atoms with van der Waals surface area (Å²) in [7, 11) is 0. The highest BCUT2D eigenvalue weighted by Gasteiger charge is 2.21. The Hall–Kier alpha value is -1.55. The van der Waals surface area contributed by atoms with E-state index in [4.69, 9.17) is 5.11 Å². The quantitative estimate of drug-likeness (QED) is 0.708. The topological polar surface area (TPSA) is 61.4 Å². The summed E-state index contributed by atoms with van der Waals surface area (Å²) in [5.74, 6) is -0.113. The van der Waals surface area contributed by atoms with Gasteiger partial charge in [0.2, 0.25) is 0 Å². The van der Waals surface area contributed by atoms with Crippen LogP contribution in [0.1, 0.15) is 44.0 Å². The van der Waals surface area contributed by atoms with Crippen LogP contribution in [0.5, 0.6) is 0 Å². The van der Waals surface area contributed by atoms with Crippen molar-refractivity contribution >= 4 is 11.6 Å². The van der Waals surface area contributed by atoms with Crippen LogP contribution in [0.15, 0.2) is 24.3 Å². The minimum atomic E-state index is -0.413. The molecule has 1 aromatic rings. The fraction of sp³-hybridized carbons (Fsp3) is 0.533. The molecule has 1 aromatic carbocycles. The van der Waals surface area contributed by atoms with Gasteiger partial charge in [0.1, 0.15) is 0 Å². The number of carbonyl (C=O) groups is 1. The predicted molar refractivity (Wildman–Crippen MR) is 78.5 cm³/mol. The van der Waals surface area contributed by atoms with Gasteiger partial charge >= 0.3 is 0 Å². The Morgan fingerprint density at radius 2 is 2.00 bits per heavy atom.